The van der Waals surface area contributed by atoms with Crippen molar-refractivity contribution in [3.63, 3.8) is 0 Å². The van der Waals surface area contributed by atoms with Crippen LogP contribution in [0.4, 0.5) is 5.82 Å². The molecule has 0 spiro atoms. The Balaban J connectivity index is 2.26. The van der Waals surface area contributed by atoms with Gasteiger partial charge in [0.2, 0.25) is 0 Å². The second kappa shape index (κ2) is 7.10. The molecule has 28 heavy (non-hydrogen) atoms. The maximum absolute atomic E-state index is 12.1. The summed E-state index contributed by atoms with van der Waals surface area (Å²) in [5, 5.41) is 0.953. The predicted molar refractivity (Wildman–Crippen MR) is 119 cm³/mol. The number of hydrogen-bond acceptors (Lipinski definition) is 3. The van der Waals surface area contributed by atoms with E-state index >= 15 is 0 Å². The Morgan fingerprint density at radius 3 is 2.14 bits per heavy atom. The quantitative estimate of drug-likeness (QED) is 0.643. The molecule has 1 aromatic heterocycles. The summed E-state index contributed by atoms with van der Waals surface area (Å²) in [6.07, 6.45) is 0.956. The molecule has 2 N–H and O–H groups in total. The van der Waals surface area contributed by atoms with E-state index in [1.165, 1.54) is 5.56 Å². The second-order valence-electron chi connectivity index (χ2n) is 9.35. The molecule has 0 amide bonds. The lowest BCUT2D eigenvalue weighted by Crippen LogP contribution is -2.44. The Hall–Kier alpha value is -2.59. The summed E-state index contributed by atoms with van der Waals surface area (Å²) in [7, 11) is 2.00. The van der Waals surface area contributed by atoms with Gasteiger partial charge in [-0.25, -0.2) is 0 Å². The Labute approximate surface area is 167 Å². The molecule has 1 heterocycles. The summed E-state index contributed by atoms with van der Waals surface area (Å²) < 4.78 is 2.16. The van der Waals surface area contributed by atoms with Crippen LogP contribution in [-0.2, 0) is 5.41 Å². The summed E-state index contributed by atoms with van der Waals surface area (Å²) in [5.41, 5.74) is 10.0. The van der Waals surface area contributed by atoms with E-state index in [1.54, 1.807) is 0 Å². The lowest BCUT2D eigenvalue weighted by Gasteiger charge is -2.30. The van der Waals surface area contributed by atoms with Crippen LogP contribution in [0.25, 0.3) is 16.6 Å². The van der Waals surface area contributed by atoms with E-state index in [9.17, 15) is 4.79 Å². The summed E-state index contributed by atoms with van der Waals surface area (Å²) in [6.45, 7) is 11.2. The highest BCUT2D eigenvalue weighted by Crippen LogP contribution is 2.35. The smallest absolute Gasteiger partial charge is 0.154 e. The van der Waals surface area contributed by atoms with Crippen LogP contribution < -0.4 is 10.6 Å². The first-order valence-electron chi connectivity index (χ1n) is 9.72. The third-order valence-electron chi connectivity index (χ3n) is 5.00. The first-order valence-corrected chi connectivity index (χ1v) is 9.72. The summed E-state index contributed by atoms with van der Waals surface area (Å²) in [4.78, 5) is 14.2. The zero-order chi connectivity index (χ0) is 20.7. The topological polar surface area (TPSA) is 51.3 Å². The van der Waals surface area contributed by atoms with Gasteiger partial charge in [-0.2, -0.15) is 0 Å². The van der Waals surface area contributed by atoms with E-state index in [1.807, 2.05) is 39.1 Å². The molecule has 0 aliphatic rings. The molecule has 0 radical (unpaired) electrons. The van der Waals surface area contributed by atoms with Gasteiger partial charge in [0, 0.05) is 30.2 Å². The zero-order valence-electron chi connectivity index (χ0n) is 17.8. The van der Waals surface area contributed by atoms with Gasteiger partial charge in [-0.3, -0.25) is 9.36 Å². The van der Waals surface area contributed by atoms with E-state index in [-0.39, 0.29) is 11.0 Å². The first kappa shape index (κ1) is 20.2. The third kappa shape index (κ3) is 3.83. The van der Waals surface area contributed by atoms with Crippen molar-refractivity contribution in [2.75, 3.05) is 18.5 Å². The van der Waals surface area contributed by atoms with Crippen molar-refractivity contribution in [1.82, 2.24) is 4.57 Å². The van der Waals surface area contributed by atoms with Gasteiger partial charge in [0.05, 0.1) is 11.1 Å². The molecule has 0 aliphatic carbocycles. The van der Waals surface area contributed by atoms with Crippen LogP contribution in [0.2, 0.25) is 0 Å². The highest BCUT2D eigenvalue weighted by atomic mass is 16.1. The van der Waals surface area contributed by atoms with E-state index in [2.05, 4.69) is 60.6 Å². The molecule has 4 nitrogen and oxygen atoms in total. The number of aromatic nitrogens is 1. The van der Waals surface area contributed by atoms with Crippen LogP contribution in [-0.4, -0.2) is 30.0 Å². The molecule has 2 aromatic carbocycles. The van der Waals surface area contributed by atoms with Crippen LogP contribution >= 0.6 is 0 Å². The van der Waals surface area contributed by atoms with Gasteiger partial charge in [0.25, 0.3) is 0 Å². The van der Waals surface area contributed by atoms with Crippen LogP contribution in [0.15, 0.2) is 48.5 Å². The molecule has 0 bridgehead atoms. The van der Waals surface area contributed by atoms with Crippen LogP contribution in [0.3, 0.4) is 0 Å². The van der Waals surface area contributed by atoms with Gasteiger partial charge in [0.15, 0.2) is 6.29 Å². The van der Waals surface area contributed by atoms with Gasteiger partial charge >= 0.3 is 0 Å². The van der Waals surface area contributed by atoms with Crippen LogP contribution in [0.5, 0.6) is 0 Å². The number of carbonyl (C=O) groups is 1. The molecular formula is C24H31N3O. The van der Waals surface area contributed by atoms with E-state index in [4.69, 9.17) is 5.73 Å². The molecule has 4 heteroatoms. The molecule has 3 rings (SSSR count). The minimum absolute atomic E-state index is 0.0917. The van der Waals surface area contributed by atoms with Crippen molar-refractivity contribution in [2.45, 2.75) is 45.6 Å². The largest absolute Gasteiger partial charge is 0.358 e. The predicted octanol–water partition coefficient (Wildman–Crippen LogP) is 4.91. The third-order valence-corrected chi connectivity index (χ3v) is 5.00. The number of rotatable bonds is 5. The summed E-state index contributed by atoms with van der Waals surface area (Å²) >= 11 is 0. The Morgan fingerprint density at radius 2 is 1.61 bits per heavy atom. The normalized spacial score (nSPS) is 12.4. The van der Waals surface area contributed by atoms with Crippen molar-refractivity contribution in [1.29, 1.82) is 0 Å². The minimum Gasteiger partial charge on any atom is -0.358 e. The molecule has 0 saturated heterocycles. The molecule has 3 aromatic rings. The first-order chi connectivity index (χ1) is 13.0. The number of fused-ring (bicyclic) bond motifs is 1. The maximum atomic E-state index is 12.1. The Bertz CT molecular complexity index is 986. The van der Waals surface area contributed by atoms with E-state index in [0.717, 1.165) is 28.7 Å². The number of para-hydroxylation sites is 1. The van der Waals surface area contributed by atoms with Crippen molar-refractivity contribution in [2.24, 2.45) is 5.73 Å². The highest BCUT2D eigenvalue weighted by molar-refractivity contribution is 6.05. The van der Waals surface area contributed by atoms with Gasteiger partial charge in [-0.15, -0.1) is 0 Å². The number of aldehydes is 1. The maximum Gasteiger partial charge on any atom is 0.154 e. The van der Waals surface area contributed by atoms with Crippen molar-refractivity contribution >= 4 is 23.0 Å². The number of benzene rings is 2. The minimum atomic E-state index is -0.383. The highest BCUT2D eigenvalue weighted by Gasteiger charge is 2.24. The van der Waals surface area contributed by atoms with E-state index in [0.29, 0.717) is 12.1 Å². The van der Waals surface area contributed by atoms with Crippen molar-refractivity contribution in [3.05, 3.63) is 59.7 Å². The number of nitrogens with two attached hydrogens (primary N) is 1. The standard InChI is InChI=1S/C24H31N3O/c1-23(2,3)17-11-13-18(14-12-17)27-21-10-8-7-9-19(21)20(15-28)22(27)26(6)16-24(4,5)25/h7-15H,16,25H2,1-6H3. The molecule has 0 fully saturated rings. The number of anilines is 1. The molecule has 0 atom stereocenters. The number of likely N-dealkylation sites (N-methyl/N-ethyl adjacent to an activating group) is 1. The fraction of sp³-hybridized carbons (Fsp3) is 0.375. The Kier molecular flexibility index (Phi) is 5.11. The fourth-order valence-corrected chi connectivity index (χ4v) is 3.80. The van der Waals surface area contributed by atoms with Crippen molar-refractivity contribution < 1.29 is 4.79 Å². The number of nitrogens with zero attached hydrogens (tertiary/aromatic N) is 2. The van der Waals surface area contributed by atoms with Crippen molar-refractivity contribution in [3.8, 4) is 5.69 Å². The van der Waals surface area contributed by atoms with Gasteiger partial charge < -0.3 is 10.6 Å². The summed E-state index contributed by atoms with van der Waals surface area (Å²) in [5.74, 6) is 0.873. The molecular weight excluding hydrogens is 346 g/mol. The van der Waals surface area contributed by atoms with Gasteiger partial charge in [-0.05, 0) is 43.0 Å². The van der Waals surface area contributed by atoms with Gasteiger partial charge in [0.1, 0.15) is 5.82 Å². The molecule has 0 unspecified atom stereocenters. The van der Waals surface area contributed by atoms with Crippen LogP contribution in [0, 0.1) is 0 Å². The average Bonchev–Trinajstić information content (AvgIpc) is 2.94. The molecule has 0 saturated carbocycles. The number of carbonyl (C=O) groups excluding carboxylic acids is 1. The Morgan fingerprint density at radius 1 is 1.00 bits per heavy atom. The monoisotopic (exact) mass is 377 g/mol. The SMILES string of the molecule is CN(CC(C)(C)N)c1c(C=O)c2ccccc2n1-c1ccc(C(C)(C)C)cc1. The molecule has 0 aliphatic heterocycles. The molecule has 148 valence electrons. The fourth-order valence-electron chi connectivity index (χ4n) is 3.80. The summed E-state index contributed by atoms with van der Waals surface area (Å²) in [6, 6.07) is 16.6. The number of hydrogen-bond donors (Lipinski definition) is 1. The lowest BCUT2D eigenvalue weighted by molar-refractivity contribution is 0.112. The van der Waals surface area contributed by atoms with E-state index < -0.39 is 0 Å². The average molecular weight is 378 g/mol. The second-order valence-corrected chi connectivity index (χ2v) is 9.35. The van der Waals surface area contributed by atoms with Gasteiger partial charge in [-0.1, -0.05) is 51.1 Å². The lowest BCUT2D eigenvalue weighted by atomic mass is 9.87. The van der Waals surface area contributed by atoms with Crippen LogP contribution in [0.1, 0.15) is 50.5 Å². The zero-order valence-corrected chi connectivity index (χ0v) is 17.8.